The number of benzene rings is 1. The number of nitrogens with two attached hydrogens (primary N) is 1. The van der Waals surface area contributed by atoms with Crippen LogP contribution in [0.3, 0.4) is 0 Å². The first-order valence-electron chi connectivity index (χ1n) is 4.43. The normalized spacial score (nSPS) is 15.1. The van der Waals surface area contributed by atoms with Crippen LogP contribution in [-0.4, -0.2) is 22.9 Å². The highest BCUT2D eigenvalue weighted by molar-refractivity contribution is 5.18. The van der Waals surface area contributed by atoms with Crippen molar-refractivity contribution in [3.8, 4) is 0 Å². The largest absolute Gasteiger partial charge is 0.395 e. The monoisotopic (exact) mass is 199 g/mol. The van der Waals surface area contributed by atoms with Gasteiger partial charge in [0, 0.05) is 6.04 Å². The Morgan fingerprint density at radius 2 is 1.86 bits per heavy atom. The average Bonchev–Trinajstić information content (AvgIpc) is 2.18. The van der Waals surface area contributed by atoms with E-state index in [0.717, 1.165) is 0 Å². The zero-order chi connectivity index (χ0) is 10.6. The highest BCUT2D eigenvalue weighted by Crippen LogP contribution is 2.17. The lowest BCUT2D eigenvalue weighted by atomic mass is 10.0. The molecule has 3 nitrogen and oxygen atoms in total. The summed E-state index contributed by atoms with van der Waals surface area (Å²) in [4.78, 5) is 0. The molecule has 0 fully saturated rings. The lowest BCUT2D eigenvalue weighted by molar-refractivity contribution is 0.140. The lowest BCUT2D eigenvalue weighted by Gasteiger charge is -2.14. The van der Waals surface area contributed by atoms with Gasteiger partial charge in [-0.15, -0.1) is 0 Å². The van der Waals surface area contributed by atoms with Crippen LogP contribution in [0.5, 0.6) is 0 Å². The molecule has 0 amide bonds. The summed E-state index contributed by atoms with van der Waals surface area (Å²) < 4.78 is 12.5. The fourth-order valence-corrected chi connectivity index (χ4v) is 1.18. The average molecular weight is 199 g/mol. The van der Waals surface area contributed by atoms with Crippen molar-refractivity contribution in [3.05, 3.63) is 35.6 Å². The molecule has 0 heterocycles. The van der Waals surface area contributed by atoms with E-state index in [4.69, 9.17) is 10.8 Å². The minimum absolute atomic E-state index is 0.168. The van der Waals surface area contributed by atoms with E-state index in [1.807, 2.05) is 0 Å². The van der Waals surface area contributed by atoms with Crippen LogP contribution >= 0.6 is 0 Å². The zero-order valence-corrected chi connectivity index (χ0v) is 7.73. The van der Waals surface area contributed by atoms with E-state index in [-0.39, 0.29) is 18.8 Å². The van der Waals surface area contributed by atoms with Crippen molar-refractivity contribution in [2.24, 2.45) is 5.73 Å². The van der Waals surface area contributed by atoms with Gasteiger partial charge in [-0.1, -0.05) is 12.1 Å². The number of halogens is 1. The molecule has 1 aromatic rings. The summed E-state index contributed by atoms with van der Waals surface area (Å²) in [6.07, 6.45) is -0.486. The van der Waals surface area contributed by atoms with Crippen LogP contribution in [0.1, 0.15) is 18.1 Å². The zero-order valence-electron chi connectivity index (χ0n) is 7.73. The predicted molar refractivity (Wildman–Crippen MR) is 51.0 cm³/mol. The molecule has 1 rings (SSSR count). The third-order valence-electron chi connectivity index (χ3n) is 2.02. The molecule has 78 valence electrons. The van der Waals surface area contributed by atoms with E-state index < -0.39 is 12.1 Å². The Labute approximate surface area is 82.0 Å². The van der Waals surface area contributed by atoms with Gasteiger partial charge in [-0.3, -0.25) is 0 Å². The van der Waals surface area contributed by atoms with Gasteiger partial charge in [0.25, 0.3) is 0 Å². The Morgan fingerprint density at radius 1 is 1.29 bits per heavy atom. The minimum atomic E-state index is -0.752. The number of hydrogen-bond donors (Lipinski definition) is 3. The fourth-order valence-electron chi connectivity index (χ4n) is 1.18. The van der Waals surface area contributed by atoms with Crippen LogP contribution in [0.25, 0.3) is 0 Å². The van der Waals surface area contributed by atoms with Gasteiger partial charge >= 0.3 is 0 Å². The first-order valence-corrected chi connectivity index (χ1v) is 4.43. The second-order valence-electron chi connectivity index (χ2n) is 3.25. The summed E-state index contributed by atoms with van der Waals surface area (Å²) in [7, 11) is 0. The third-order valence-corrected chi connectivity index (χ3v) is 2.02. The van der Waals surface area contributed by atoms with Gasteiger partial charge in [-0.2, -0.15) is 0 Å². The Morgan fingerprint density at radius 3 is 2.36 bits per heavy atom. The third kappa shape index (κ3) is 3.06. The molecule has 2 atom stereocenters. The van der Waals surface area contributed by atoms with Crippen LogP contribution in [0.4, 0.5) is 4.39 Å². The van der Waals surface area contributed by atoms with Gasteiger partial charge < -0.3 is 15.9 Å². The molecule has 0 saturated carbocycles. The van der Waals surface area contributed by atoms with Gasteiger partial charge in [0.1, 0.15) is 5.82 Å². The van der Waals surface area contributed by atoms with Gasteiger partial charge in [-0.25, -0.2) is 4.39 Å². The summed E-state index contributed by atoms with van der Waals surface area (Å²) in [5.41, 5.74) is 6.06. The van der Waals surface area contributed by atoms with Crippen molar-refractivity contribution >= 4 is 0 Å². The summed E-state index contributed by atoms with van der Waals surface area (Å²) >= 11 is 0. The topological polar surface area (TPSA) is 66.5 Å². The molecular weight excluding hydrogens is 185 g/mol. The van der Waals surface area contributed by atoms with E-state index in [0.29, 0.717) is 5.56 Å². The highest BCUT2D eigenvalue weighted by atomic mass is 19.1. The van der Waals surface area contributed by atoms with E-state index in [9.17, 15) is 9.50 Å². The molecule has 0 aliphatic rings. The van der Waals surface area contributed by atoms with Crippen LogP contribution in [0, 0.1) is 5.82 Å². The molecule has 0 spiro atoms. The van der Waals surface area contributed by atoms with Crippen molar-refractivity contribution in [1.29, 1.82) is 0 Å². The Kier molecular flexibility index (Phi) is 4.00. The second kappa shape index (κ2) is 5.05. The van der Waals surface area contributed by atoms with E-state index in [1.54, 1.807) is 0 Å². The molecular formula is C10H14FNO2. The van der Waals surface area contributed by atoms with E-state index in [2.05, 4.69) is 0 Å². The van der Waals surface area contributed by atoms with E-state index >= 15 is 0 Å². The molecule has 1 aromatic carbocycles. The minimum Gasteiger partial charge on any atom is -0.395 e. The first-order chi connectivity index (χ1) is 6.63. The smallest absolute Gasteiger partial charge is 0.123 e. The summed E-state index contributed by atoms with van der Waals surface area (Å²) in [5, 5.41) is 18.3. The van der Waals surface area contributed by atoms with Crippen molar-refractivity contribution in [2.75, 3.05) is 6.61 Å². The molecule has 0 aliphatic carbocycles. The molecule has 0 bridgehead atoms. The van der Waals surface area contributed by atoms with Crippen molar-refractivity contribution in [3.63, 3.8) is 0 Å². The molecule has 0 aromatic heterocycles. The van der Waals surface area contributed by atoms with Crippen LogP contribution in [-0.2, 0) is 0 Å². The molecule has 4 heteroatoms. The molecule has 0 aliphatic heterocycles. The summed E-state index contributed by atoms with van der Waals surface area (Å²) in [5.74, 6) is -0.340. The van der Waals surface area contributed by atoms with Gasteiger partial charge in [0.2, 0.25) is 0 Å². The number of aliphatic hydroxyl groups is 2. The summed E-state index contributed by atoms with van der Waals surface area (Å²) in [6.45, 7) is -0.168. The Bertz CT molecular complexity index is 276. The van der Waals surface area contributed by atoms with Crippen LogP contribution < -0.4 is 5.73 Å². The predicted octanol–water partition coefficient (Wildman–Crippen LogP) is 0.569. The molecule has 4 N–H and O–H groups in total. The fraction of sp³-hybridized carbons (Fsp3) is 0.400. The maximum Gasteiger partial charge on any atom is 0.123 e. The molecule has 0 unspecified atom stereocenters. The highest BCUT2D eigenvalue weighted by Gasteiger charge is 2.11. The summed E-state index contributed by atoms with van der Waals surface area (Å²) in [6, 6.07) is 5.12. The van der Waals surface area contributed by atoms with Gasteiger partial charge in [-0.05, 0) is 24.1 Å². The number of hydrogen-bond acceptors (Lipinski definition) is 3. The second-order valence-corrected chi connectivity index (χ2v) is 3.25. The maximum absolute atomic E-state index is 12.5. The van der Waals surface area contributed by atoms with Crippen molar-refractivity contribution in [1.82, 2.24) is 0 Å². The van der Waals surface area contributed by atoms with E-state index in [1.165, 1.54) is 24.3 Å². The molecule has 14 heavy (non-hydrogen) atoms. The molecule has 0 saturated heterocycles. The lowest BCUT2D eigenvalue weighted by Crippen LogP contribution is -2.26. The first kappa shape index (κ1) is 11.1. The van der Waals surface area contributed by atoms with Crippen molar-refractivity contribution in [2.45, 2.75) is 18.6 Å². The quantitative estimate of drug-likeness (QED) is 0.664. The number of rotatable bonds is 4. The molecule has 0 radical (unpaired) electrons. The maximum atomic E-state index is 12.5. The SMILES string of the molecule is N[C@H](CO)C[C@H](O)c1ccc(F)cc1. The van der Waals surface area contributed by atoms with Crippen molar-refractivity contribution < 1.29 is 14.6 Å². The van der Waals surface area contributed by atoms with Crippen LogP contribution in [0.2, 0.25) is 0 Å². The number of aliphatic hydroxyl groups excluding tert-OH is 2. The standard InChI is InChI=1S/C10H14FNO2/c11-8-3-1-7(2-4-8)10(14)5-9(12)6-13/h1-4,9-10,13-14H,5-6,12H2/t9-,10-/m0/s1. The Balaban J connectivity index is 2.60. The van der Waals surface area contributed by atoms with Gasteiger partial charge in [0.15, 0.2) is 0 Å². The van der Waals surface area contributed by atoms with Crippen LogP contribution in [0.15, 0.2) is 24.3 Å². The van der Waals surface area contributed by atoms with Gasteiger partial charge in [0.05, 0.1) is 12.7 Å². The Hall–Kier alpha value is -0.970.